The van der Waals surface area contributed by atoms with Crippen LogP contribution >= 0.6 is 0 Å². The molecule has 1 aromatic carbocycles. The average molecular weight is 195 g/mol. The number of benzene rings is 1. The van der Waals surface area contributed by atoms with Crippen LogP contribution in [-0.4, -0.2) is 26.9 Å². The van der Waals surface area contributed by atoms with Gasteiger partial charge in [-0.3, -0.25) is 0 Å². The molecular formula is C11H17NO2. The van der Waals surface area contributed by atoms with Crippen molar-refractivity contribution in [2.24, 2.45) is 0 Å². The fraction of sp³-hybridized carbons (Fsp3) is 0.455. The zero-order valence-corrected chi connectivity index (χ0v) is 8.91. The van der Waals surface area contributed by atoms with Crippen LogP contribution in [0, 0.1) is 0 Å². The Labute approximate surface area is 85.0 Å². The third-order valence-corrected chi connectivity index (χ3v) is 1.93. The molecule has 0 spiro atoms. The summed E-state index contributed by atoms with van der Waals surface area (Å²) in [6.07, 6.45) is 0. The summed E-state index contributed by atoms with van der Waals surface area (Å²) in [5, 5.41) is 3.31. The van der Waals surface area contributed by atoms with E-state index in [4.69, 9.17) is 9.47 Å². The van der Waals surface area contributed by atoms with Gasteiger partial charge in [0.1, 0.15) is 5.75 Å². The smallest absolute Gasteiger partial charge is 0.141 e. The van der Waals surface area contributed by atoms with Crippen molar-refractivity contribution in [3.05, 3.63) is 24.3 Å². The van der Waals surface area contributed by atoms with Gasteiger partial charge in [0.15, 0.2) is 0 Å². The van der Waals surface area contributed by atoms with E-state index >= 15 is 0 Å². The molecule has 0 amide bonds. The molecule has 0 aliphatic carbocycles. The fourth-order valence-electron chi connectivity index (χ4n) is 1.32. The first kappa shape index (κ1) is 10.9. The average Bonchev–Trinajstić information content (AvgIpc) is 2.19. The predicted octanol–water partition coefficient (Wildman–Crippen LogP) is 2.14. The van der Waals surface area contributed by atoms with E-state index in [-0.39, 0.29) is 6.04 Å². The van der Waals surface area contributed by atoms with Crippen molar-refractivity contribution in [2.75, 3.05) is 26.1 Å². The molecule has 0 saturated carbocycles. The molecule has 0 heterocycles. The van der Waals surface area contributed by atoms with E-state index in [1.54, 1.807) is 14.2 Å². The van der Waals surface area contributed by atoms with Crippen molar-refractivity contribution in [1.82, 2.24) is 0 Å². The van der Waals surface area contributed by atoms with E-state index in [9.17, 15) is 0 Å². The molecule has 0 bridgehead atoms. The summed E-state index contributed by atoms with van der Waals surface area (Å²) in [5.74, 6) is 0.857. The van der Waals surface area contributed by atoms with Crippen molar-refractivity contribution >= 4 is 5.69 Å². The van der Waals surface area contributed by atoms with E-state index < -0.39 is 0 Å². The second-order valence-electron chi connectivity index (χ2n) is 3.20. The lowest BCUT2D eigenvalue weighted by atomic mass is 10.2. The maximum atomic E-state index is 5.22. The van der Waals surface area contributed by atoms with Gasteiger partial charge in [-0.15, -0.1) is 0 Å². The molecule has 0 aliphatic rings. The first-order valence-corrected chi connectivity index (χ1v) is 4.66. The SMILES string of the molecule is COCC(C)Nc1ccccc1OC. The first-order valence-electron chi connectivity index (χ1n) is 4.66. The summed E-state index contributed by atoms with van der Waals surface area (Å²) >= 11 is 0. The van der Waals surface area contributed by atoms with Crippen LogP contribution in [0.15, 0.2) is 24.3 Å². The number of hydrogen-bond acceptors (Lipinski definition) is 3. The summed E-state index contributed by atoms with van der Waals surface area (Å²) in [6.45, 7) is 2.74. The lowest BCUT2D eigenvalue weighted by Gasteiger charge is -2.16. The van der Waals surface area contributed by atoms with Crippen molar-refractivity contribution in [3.63, 3.8) is 0 Å². The standard InChI is InChI=1S/C11H17NO2/c1-9(8-13-2)12-10-6-4-5-7-11(10)14-3/h4-7,9,12H,8H2,1-3H3. The van der Waals surface area contributed by atoms with E-state index in [1.165, 1.54) is 0 Å². The molecule has 0 fully saturated rings. The van der Waals surface area contributed by atoms with Gasteiger partial charge in [-0.25, -0.2) is 0 Å². The van der Waals surface area contributed by atoms with Crippen LogP contribution in [0.3, 0.4) is 0 Å². The summed E-state index contributed by atoms with van der Waals surface area (Å²) in [4.78, 5) is 0. The van der Waals surface area contributed by atoms with Gasteiger partial charge in [0, 0.05) is 13.2 Å². The first-order chi connectivity index (χ1) is 6.77. The van der Waals surface area contributed by atoms with Gasteiger partial charge in [0.25, 0.3) is 0 Å². The van der Waals surface area contributed by atoms with Crippen LogP contribution in [0.5, 0.6) is 5.75 Å². The second kappa shape index (κ2) is 5.50. The summed E-state index contributed by atoms with van der Waals surface area (Å²) in [6, 6.07) is 8.12. The van der Waals surface area contributed by atoms with Crippen LogP contribution in [0.4, 0.5) is 5.69 Å². The largest absolute Gasteiger partial charge is 0.495 e. The Bertz CT molecular complexity index is 276. The van der Waals surface area contributed by atoms with Crippen molar-refractivity contribution in [1.29, 1.82) is 0 Å². The minimum Gasteiger partial charge on any atom is -0.495 e. The Hall–Kier alpha value is -1.22. The Morgan fingerprint density at radius 3 is 2.64 bits per heavy atom. The summed E-state index contributed by atoms with van der Waals surface area (Å²) < 4.78 is 10.3. The summed E-state index contributed by atoms with van der Waals surface area (Å²) in [5.41, 5.74) is 1.000. The van der Waals surface area contributed by atoms with Gasteiger partial charge in [-0.1, -0.05) is 12.1 Å². The third kappa shape index (κ3) is 2.92. The molecule has 3 heteroatoms. The van der Waals surface area contributed by atoms with Gasteiger partial charge >= 0.3 is 0 Å². The molecule has 78 valence electrons. The molecule has 3 nitrogen and oxygen atoms in total. The minimum absolute atomic E-state index is 0.274. The van der Waals surface area contributed by atoms with Crippen molar-refractivity contribution in [2.45, 2.75) is 13.0 Å². The maximum Gasteiger partial charge on any atom is 0.141 e. The number of anilines is 1. The maximum absolute atomic E-state index is 5.22. The lowest BCUT2D eigenvalue weighted by molar-refractivity contribution is 0.190. The minimum atomic E-state index is 0.274. The predicted molar refractivity (Wildman–Crippen MR) is 58.0 cm³/mol. The zero-order valence-electron chi connectivity index (χ0n) is 8.91. The molecule has 1 atom stereocenters. The molecule has 0 radical (unpaired) electrons. The van der Waals surface area contributed by atoms with Crippen LogP contribution in [0.1, 0.15) is 6.92 Å². The number of hydrogen-bond donors (Lipinski definition) is 1. The third-order valence-electron chi connectivity index (χ3n) is 1.93. The molecular weight excluding hydrogens is 178 g/mol. The second-order valence-corrected chi connectivity index (χ2v) is 3.20. The summed E-state index contributed by atoms with van der Waals surface area (Å²) in [7, 11) is 3.36. The Kier molecular flexibility index (Phi) is 4.26. The molecule has 0 aromatic heterocycles. The van der Waals surface area contributed by atoms with Crippen LogP contribution in [0.25, 0.3) is 0 Å². The lowest BCUT2D eigenvalue weighted by Crippen LogP contribution is -2.21. The number of rotatable bonds is 5. The highest BCUT2D eigenvalue weighted by Gasteiger charge is 2.04. The van der Waals surface area contributed by atoms with Gasteiger partial charge in [0.2, 0.25) is 0 Å². The highest BCUT2D eigenvalue weighted by Crippen LogP contribution is 2.23. The molecule has 14 heavy (non-hydrogen) atoms. The van der Waals surface area contributed by atoms with Gasteiger partial charge < -0.3 is 14.8 Å². The van der Waals surface area contributed by atoms with E-state index in [2.05, 4.69) is 12.2 Å². The zero-order chi connectivity index (χ0) is 10.4. The monoisotopic (exact) mass is 195 g/mol. The molecule has 1 N–H and O–H groups in total. The van der Waals surface area contributed by atoms with E-state index in [0.717, 1.165) is 11.4 Å². The molecule has 1 rings (SSSR count). The molecule has 1 aromatic rings. The highest BCUT2D eigenvalue weighted by molar-refractivity contribution is 5.56. The fourth-order valence-corrected chi connectivity index (χ4v) is 1.32. The normalized spacial score (nSPS) is 12.2. The number of nitrogens with one attached hydrogen (secondary N) is 1. The van der Waals surface area contributed by atoms with Crippen LogP contribution in [0.2, 0.25) is 0 Å². The van der Waals surface area contributed by atoms with Crippen molar-refractivity contribution in [3.8, 4) is 5.75 Å². The van der Waals surface area contributed by atoms with E-state index in [0.29, 0.717) is 6.61 Å². The van der Waals surface area contributed by atoms with Gasteiger partial charge in [-0.05, 0) is 19.1 Å². The van der Waals surface area contributed by atoms with Gasteiger partial charge in [-0.2, -0.15) is 0 Å². The molecule has 1 unspecified atom stereocenters. The van der Waals surface area contributed by atoms with Gasteiger partial charge in [0.05, 0.1) is 19.4 Å². The Morgan fingerprint density at radius 1 is 1.29 bits per heavy atom. The van der Waals surface area contributed by atoms with Crippen molar-refractivity contribution < 1.29 is 9.47 Å². The molecule has 0 aliphatic heterocycles. The van der Waals surface area contributed by atoms with Crippen LogP contribution < -0.4 is 10.1 Å². The Balaban J connectivity index is 2.65. The highest BCUT2D eigenvalue weighted by atomic mass is 16.5. The number of methoxy groups -OCH3 is 2. The quantitative estimate of drug-likeness (QED) is 0.780. The number of para-hydroxylation sites is 2. The van der Waals surface area contributed by atoms with E-state index in [1.807, 2.05) is 24.3 Å². The Morgan fingerprint density at radius 2 is 2.00 bits per heavy atom. The topological polar surface area (TPSA) is 30.5 Å². The van der Waals surface area contributed by atoms with Crippen LogP contribution in [-0.2, 0) is 4.74 Å². The number of ether oxygens (including phenoxy) is 2. The molecule has 0 saturated heterocycles.